The maximum absolute atomic E-state index is 13.3. The molecule has 2 N–H and O–H groups in total. The van der Waals surface area contributed by atoms with Crippen LogP contribution in [0.5, 0.6) is 5.88 Å². The number of hydrogen-bond acceptors (Lipinski definition) is 7. The molecular formula is C23H24BrN3O4S. The van der Waals surface area contributed by atoms with Gasteiger partial charge in [-0.05, 0) is 64.9 Å². The summed E-state index contributed by atoms with van der Waals surface area (Å²) in [6, 6.07) is 11.0. The molecule has 1 heterocycles. The molecular weight excluding hydrogens is 494 g/mol. The van der Waals surface area contributed by atoms with Crippen molar-refractivity contribution in [3.63, 3.8) is 0 Å². The van der Waals surface area contributed by atoms with Gasteiger partial charge in [-0.1, -0.05) is 41.6 Å². The standard InChI is InChI=1S/C23H24BrN3O4S/c1-13-5-7-16(17(9-13)11-25)12-31-20-19(24)21(28)27(23(26-20)32-4)18-10-15(22(29)30-3)8-6-14(18)2/h5-10H,11-12,25H2,1-4H3. The molecule has 1 aromatic heterocycles. The highest BCUT2D eigenvalue weighted by atomic mass is 79.9. The Morgan fingerprint density at radius 3 is 2.59 bits per heavy atom. The largest absolute Gasteiger partial charge is 0.472 e. The number of nitrogens with zero attached hydrogens (tertiary/aromatic N) is 2. The van der Waals surface area contributed by atoms with Crippen molar-refractivity contribution in [2.45, 2.75) is 32.2 Å². The van der Waals surface area contributed by atoms with Gasteiger partial charge in [0.05, 0.1) is 18.4 Å². The second-order valence-electron chi connectivity index (χ2n) is 7.12. The van der Waals surface area contributed by atoms with Gasteiger partial charge >= 0.3 is 5.97 Å². The lowest BCUT2D eigenvalue weighted by molar-refractivity contribution is 0.0600. The van der Waals surface area contributed by atoms with Crippen LogP contribution in [0.3, 0.4) is 0 Å². The molecule has 0 aliphatic rings. The van der Waals surface area contributed by atoms with Gasteiger partial charge in [-0.2, -0.15) is 4.98 Å². The van der Waals surface area contributed by atoms with Crippen molar-refractivity contribution in [3.8, 4) is 11.6 Å². The first-order chi connectivity index (χ1) is 15.3. The summed E-state index contributed by atoms with van der Waals surface area (Å²) in [5, 5.41) is 0.432. The Morgan fingerprint density at radius 1 is 1.19 bits per heavy atom. The Bertz CT molecular complexity index is 1230. The molecule has 0 spiro atoms. The number of nitrogens with two attached hydrogens (primary N) is 1. The maximum atomic E-state index is 13.3. The molecule has 3 aromatic rings. The first-order valence-electron chi connectivity index (χ1n) is 9.77. The molecule has 0 aliphatic carbocycles. The molecule has 0 unspecified atom stereocenters. The lowest BCUT2D eigenvalue weighted by Crippen LogP contribution is -2.24. The average Bonchev–Trinajstić information content (AvgIpc) is 2.80. The Balaban J connectivity index is 2.04. The summed E-state index contributed by atoms with van der Waals surface area (Å²) in [7, 11) is 1.32. The van der Waals surface area contributed by atoms with Gasteiger partial charge in [0.15, 0.2) is 5.16 Å². The minimum Gasteiger partial charge on any atom is -0.472 e. The lowest BCUT2D eigenvalue weighted by Gasteiger charge is -2.17. The number of aromatic nitrogens is 2. The highest BCUT2D eigenvalue weighted by Crippen LogP contribution is 2.27. The van der Waals surface area contributed by atoms with Gasteiger partial charge in [0.2, 0.25) is 5.88 Å². The number of methoxy groups -OCH3 is 1. The quantitative estimate of drug-likeness (QED) is 0.285. The van der Waals surface area contributed by atoms with E-state index in [1.54, 1.807) is 18.2 Å². The zero-order valence-corrected chi connectivity index (χ0v) is 20.7. The van der Waals surface area contributed by atoms with Gasteiger partial charge in [-0.15, -0.1) is 0 Å². The van der Waals surface area contributed by atoms with Crippen LogP contribution in [-0.2, 0) is 17.9 Å². The number of carbonyl (C=O) groups excluding carboxylic acids is 1. The summed E-state index contributed by atoms with van der Waals surface area (Å²) >= 11 is 4.65. The van der Waals surface area contributed by atoms with Crippen LogP contribution in [0, 0.1) is 13.8 Å². The molecule has 9 heteroatoms. The highest BCUT2D eigenvalue weighted by Gasteiger charge is 2.20. The van der Waals surface area contributed by atoms with Gasteiger partial charge in [0.25, 0.3) is 5.56 Å². The van der Waals surface area contributed by atoms with E-state index in [1.165, 1.54) is 23.4 Å². The van der Waals surface area contributed by atoms with E-state index in [4.69, 9.17) is 15.2 Å². The molecule has 0 aliphatic heterocycles. The fourth-order valence-electron chi connectivity index (χ4n) is 3.23. The maximum Gasteiger partial charge on any atom is 0.337 e. The minimum absolute atomic E-state index is 0.194. The smallest absolute Gasteiger partial charge is 0.337 e. The van der Waals surface area contributed by atoms with Crippen molar-refractivity contribution >= 4 is 33.7 Å². The summed E-state index contributed by atoms with van der Waals surface area (Å²) in [6.45, 7) is 4.48. The van der Waals surface area contributed by atoms with Crippen LogP contribution in [0.2, 0.25) is 0 Å². The molecule has 0 saturated heterocycles. The van der Waals surface area contributed by atoms with Crippen LogP contribution in [0.15, 0.2) is 50.8 Å². The molecule has 2 aromatic carbocycles. The predicted octanol–water partition coefficient (Wildman–Crippen LogP) is 4.16. The number of aryl methyl sites for hydroxylation is 2. The normalized spacial score (nSPS) is 10.8. The third-order valence-corrected chi connectivity index (χ3v) is 6.28. The van der Waals surface area contributed by atoms with E-state index in [9.17, 15) is 9.59 Å². The van der Waals surface area contributed by atoms with E-state index < -0.39 is 5.97 Å². The number of carbonyl (C=O) groups is 1. The minimum atomic E-state index is -0.481. The Hall–Kier alpha value is -2.62. The van der Waals surface area contributed by atoms with E-state index >= 15 is 0 Å². The third-order valence-electron chi connectivity index (χ3n) is 4.97. The lowest BCUT2D eigenvalue weighted by atomic mass is 10.1. The van der Waals surface area contributed by atoms with Crippen LogP contribution < -0.4 is 16.0 Å². The fraction of sp³-hybridized carbons (Fsp3) is 0.261. The predicted molar refractivity (Wildman–Crippen MR) is 129 cm³/mol. The average molecular weight is 518 g/mol. The number of hydrogen-bond donors (Lipinski definition) is 1. The molecule has 0 bridgehead atoms. The molecule has 0 atom stereocenters. The van der Waals surface area contributed by atoms with Crippen molar-refractivity contribution < 1.29 is 14.3 Å². The van der Waals surface area contributed by atoms with Crippen molar-refractivity contribution in [3.05, 3.63) is 79.0 Å². The van der Waals surface area contributed by atoms with Crippen molar-refractivity contribution in [1.82, 2.24) is 9.55 Å². The van der Waals surface area contributed by atoms with E-state index in [0.29, 0.717) is 23.0 Å². The number of esters is 1. The van der Waals surface area contributed by atoms with Crippen molar-refractivity contribution in [2.75, 3.05) is 13.4 Å². The molecule has 32 heavy (non-hydrogen) atoms. The fourth-order valence-corrected chi connectivity index (χ4v) is 4.15. The number of thioether (sulfide) groups is 1. The second kappa shape index (κ2) is 10.3. The number of benzene rings is 2. The van der Waals surface area contributed by atoms with Crippen LogP contribution >= 0.6 is 27.7 Å². The van der Waals surface area contributed by atoms with E-state index in [2.05, 4.69) is 20.9 Å². The summed E-state index contributed by atoms with van der Waals surface area (Å²) in [4.78, 5) is 29.9. The Morgan fingerprint density at radius 2 is 1.94 bits per heavy atom. The van der Waals surface area contributed by atoms with Crippen molar-refractivity contribution in [2.24, 2.45) is 5.73 Å². The first-order valence-corrected chi connectivity index (χ1v) is 11.8. The van der Waals surface area contributed by atoms with Crippen LogP contribution in [-0.4, -0.2) is 28.9 Å². The molecule has 7 nitrogen and oxygen atoms in total. The number of rotatable bonds is 7. The molecule has 0 radical (unpaired) electrons. The number of halogens is 1. The summed E-state index contributed by atoms with van der Waals surface area (Å²) in [5.41, 5.74) is 10.3. The summed E-state index contributed by atoms with van der Waals surface area (Å²) in [6.07, 6.45) is 1.82. The number of ether oxygens (including phenoxy) is 2. The topological polar surface area (TPSA) is 96.4 Å². The van der Waals surface area contributed by atoms with Gasteiger partial charge in [0, 0.05) is 6.54 Å². The van der Waals surface area contributed by atoms with Crippen molar-refractivity contribution in [1.29, 1.82) is 0 Å². The molecule has 168 valence electrons. The molecule has 0 fully saturated rings. The van der Waals surface area contributed by atoms with Crippen LogP contribution in [0.4, 0.5) is 0 Å². The first kappa shape index (κ1) is 24.0. The zero-order valence-electron chi connectivity index (χ0n) is 18.3. The molecule has 0 amide bonds. The van der Waals surface area contributed by atoms with Gasteiger partial charge < -0.3 is 15.2 Å². The Labute approximate surface area is 199 Å². The van der Waals surface area contributed by atoms with E-state index in [1.807, 2.05) is 38.3 Å². The van der Waals surface area contributed by atoms with Crippen LogP contribution in [0.25, 0.3) is 5.69 Å². The van der Waals surface area contributed by atoms with Gasteiger partial charge in [0.1, 0.15) is 11.1 Å². The van der Waals surface area contributed by atoms with Gasteiger partial charge in [-0.25, -0.2) is 4.79 Å². The van der Waals surface area contributed by atoms with Gasteiger partial charge in [-0.3, -0.25) is 9.36 Å². The zero-order chi connectivity index (χ0) is 23.4. The molecule has 3 rings (SSSR count). The Kier molecular flexibility index (Phi) is 7.76. The third kappa shape index (κ3) is 4.90. The summed E-state index contributed by atoms with van der Waals surface area (Å²) < 4.78 is 12.4. The SMILES string of the molecule is COC(=O)c1ccc(C)c(-n2c(SC)nc(OCc3ccc(C)cc3CN)c(Br)c2=O)c1. The molecule has 0 saturated carbocycles. The highest BCUT2D eigenvalue weighted by molar-refractivity contribution is 9.10. The second-order valence-corrected chi connectivity index (χ2v) is 8.68. The van der Waals surface area contributed by atoms with Crippen LogP contribution in [0.1, 0.15) is 32.6 Å². The monoisotopic (exact) mass is 517 g/mol. The summed E-state index contributed by atoms with van der Waals surface area (Å²) in [5.74, 6) is -0.285. The van der Waals surface area contributed by atoms with E-state index in [-0.39, 0.29) is 22.5 Å². The van der Waals surface area contributed by atoms with E-state index in [0.717, 1.165) is 22.3 Å².